The molecule has 2 aromatic carbocycles. The second kappa shape index (κ2) is 8.02. The Morgan fingerprint density at radius 2 is 2.04 bits per heavy atom. The van der Waals surface area contributed by atoms with Crippen LogP contribution in [0.1, 0.15) is 5.56 Å². The number of nitrogens with zero attached hydrogens (tertiary/aromatic N) is 2. The van der Waals surface area contributed by atoms with Gasteiger partial charge in [-0.25, -0.2) is 4.39 Å². The second-order valence-electron chi connectivity index (χ2n) is 4.53. The third-order valence-electron chi connectivity index (χ3n) is 2.77. The van der Waals surface area contributed by atoms with Crippen molar-refractivity contribution < 1.29 is 18.9 Å². The molecule has 0 bridgehead atoms. The van der Waals surface area contributed by atoms with Crippen LogP contribution < -0.4 is 5.32 Å². The number of hydrogen-bond donors (Lipinski definition) is 1. The minimum atomic E-state index is -0.651. The van der Waals surface area contributed by atoms with E-state index >= 15 is 0 Å². The van der Waals surface area contributed by atoms with Crippen LogP contribution in [0, 0.1) is 15.9 Å². The Morgan fingerprint density at radius 3 is 2.71 bits per heavy atom. The molecule has 24 heavy (non-hydrogen) atoms. The van der Waals surface area contributed by atoms with Gasteiger partial charge in [0.25, 0.3) is 11.6 Å². The van der Waals surface area contributed by atoms with Crippen LogP contribution >= 0.6 is 11.6 Å². The SMILES string of the molecule is O=C(CO/N=C/c1ccc(F)cc1)Nc1ccc(Cl)c([N+](=O)[O-])c1. The van der Waals surface area contributed by atoms with Gasteiger partial charge in [0.15, 0.2) is 6.61 Å². The number of halogens is 2. The zero-order valence-electron chi connectivity index (χ0n) is 12.1. The Labute approximate surface area is 140 Å². The quantitative estimate of drug-likeness (QED) is 0.490. The van der Waals surface area contributed by atoms with E-state index in [1.54, 1.807) is 0 Å². The lowest BCUT2D eigenvalue weighted by Crippen LogP contribution is -2.17. The Balaban J connectivity index is 1.86. The maximum absolute atomic E-state index is 12.7. The lowest BCUT2D eigenvalue weighted by molar-refractivity contribution is -0.384. The van der Waals surface area contributed by atoms with Crippen molar-refractivity contribution in [3.05, 3.63) is 69.0 Å². The number of nitro groups is 1. The van der Waals surface area contributed by atoms with Crippen molar-refractivity contribution in [2.45, 2.75) is 0 Å². The van der Waals surface area contributed by atoms with Crippen LogP contribution in [-0.4, -0.2) is 23.7 Å². The maximum atomic E-state index is 12.7. The van der Waals surface area contributed by atoms with Crippen molar-refractivity contribution >= 4 is 35.1 Å². The monoisotopic (exact) mass is 351 g/mol. The molecule has 124 valence electrons. The minimum Gasteiger partial charge on any atom is -0.386 e. The summed E-state index contributed by atoms with van der Waals surface area (Å²) in [6, 6.07) is 9.40. The third kappa shape index (κ3) is 5.03. The van der Waals surface area contributed by atoms with Crippen molar-refractivity contribution in [1.29, 1.82) is 0 Å². The minimum absolute atomic E-state index is 0.0295. The molecule has 0 saturated carbocycles. The number of carbonyl (C=O) groups is 1. The van der Waals surface area contributed by atoms with Crippen LogP contribution in [0.4, 0.5) is 15.8 Å². The molecule has 1 amide bonds. The van der Waals surface area contributed by atoms with Crippen molar-refractivity contribution in [3.8, 4) is 0 Å². The summed E-state index contributed by atoms with van der Waals surface area (Å²) in [5, 5.41) is 16.7. The summed E-state index contributed by atoms with van der Waals surface area (Å²) in [6.45, 7) is -0.395. The number of nitro benzene ring substituents is 1. The number of anilines is 1. The number of rotatable bonds is 6. The number of carbonyl (C=O) groups excluding carboxylic acids is 1. The van der Waals surface area contributed by atoms with Crippen molar-refractivity contribution in [3.63, 3.8) is 0 Å². The molecule has 0 aliphatic heterocycles. The largest absolute Gasteiger partial charge is 0.386 e. The van der Waals surface area contributed by atoms with E-state index in [1.807, 2.05) is 0 Å². The van der Waals surface area contributed by atoms with Crippen LogP contribution in [-0.2, 0) is 9.63 Å². The lowest BCUT2D eigenvalue weighted by Gasteiger charge is -2.04. The van der Waals surface area contributed by atoms with E-state index in [2.05, 4.69) is 10.5 Å². The fourth-order valence-corrected chi connectivity index (χ4v) is 1.86. The number of oxime groups is 1. The van der Waals surface area contributed by atoms with Gasteiger partial charge in [-0.3, -0.25) is 14.9 Å². The first kappa shape index (κ1) is 17.4. The van der Waals surface area contributed by atoms with Crippen LogP contribution in [0.5, 0.6) is 0 Å². The predicted octanol–water partition coefficient (Wildman–Crippen LogP) is 3.38. The summed E-state index contributed by atoms with van der Waals surface area (Å²) in [5.74, 6) is -0.924. The average molecular weight is 352 g/mol. The Morgan fingerprint density at radius 1 is 1.33 bits per heavy atom. The van der Waals surface area contributed by atoms with Crippen LogP contribution in [0.3, 0.4) is 0 Å². The smallest absolute Gasteiger partial charge is 0.289 e. The van der Waals surface area contributed by atoms with Gasteiger partial charge in [0.2, 0.25) is 0 Å². The highest BCUT2D eigenvalue weighted by Crippen LogP contribution is 2.27. The predicted molar refractivity (Wildman–Crippen MR) is 86.7 cm³/mol. The molecule has 0 saturated heterocycles. The molecule has 0 fully saturated rings. The number of nitrogens with one attached hydrogen (secondary N) is 1. The molecular weight excluding hydrogens is 341 g/mol. The van der Waals surface area contributed by atoms with E-state index in [4.69, 9.17) is 16.4 Å². The molecule has 0 heterocycles. The molecule has 0 aliphatic carbocycles. The van der Waals surface area contributed by atoms with Crippen molar-refractivity contribution in [2.24, 2.45) is 5.16 Å². The third-order valence-corrected chi connectivity index (χ3v) is 3.09. The molecule has 0 radical (unpaired) electrons. The normalized spacial score (nSPS) is 10.6. The first-order valence-corrected chi connectivity index (χ1v) is 6.98. The summed E-state index contributed by atoms with van der Waals surface area (Å²) in [4.78, 5) is 26.6. The topological polar surface area (TPSA) is 93.8 Å². The molecule has 0 unspecified atom stereocenters. The van der Waals surface area contributed by atoms with Gasteiger partial charge in [0.1, 0.15) is 10.8 Å². The summed E-state index contributed by atoms with van der Waals surface area (Å²) in [7, 11) is 0. The van der Waals surface area contributed by atoms with Crippen molar-refractivity contribution in [1.82, 2.24) is 0 Å². The Hall–Kier alpha value is -3.00. The molecule has 2 aromatic rings. The fourth-order valence-electron chi connectivity index (χ4n) is 1.67. The first-order valence-electron chi connectivity index (χ1n) is 6.60. The number of hydrogen-bond acceptors (Lipinski definition) is 5. The molecule has 0 atom stereocenters. The van der Waals surface area contributed by atoms with Gasteiger partial charge < -0.3 is 10.2 Å². The number of benzene rings is 2. The highest BCUT2D eigenvalue weighted by molar-refractivity contribution is 6.32. The average Bonchev–Trinajstić information content (AvgIpc) is 2.55. The standard InChI is InChI=1S/C15H11ClFN3O4/c16-13-6-5-12(7-14(13)20(22)23)19-15(21)9-24-18-8-10-1-3-11(17)4-2-10/h1-8H,9H2,(H,19,21)/b18-8+. The summed E-state index contributed by atoms with van der Waals surface area (Å²) in [5.41, 5.74) is 0.497. The van der Waals surface area contributed by atoms with Crippen LogP contribution in [0.2, 0.25) is 5.02 Å². The summed E-state index contributed by atoms with van der Waals surface area (Å²) < 4.78 is 12.7. The zero-order chi connectivity index (χ0) is 17.5. The highest BCUT2D eigenvalue weighted by Gasteiger charge is 2.13. The highest BCUT2D eigenvalue weighted by atomic mass is 35.5. The van der Waals surface area contributed by atoms with E-state index in [0.29, 0.717) is 5.56 Å². The zero-order valence-corrected chi connectivity index (χ0v) is 12.9. The number of amides is 1. The van der Waals surface area contributed by atoms with Crippen LogP contribution in [0.25, 0.3) is 0 Å². The van der Waals surface area contributed by atoms with Gasteiger partial charge >= 0.3 is 0 Å². The molecule has 0 aromatic heterocycles. The molecule has 2 rings (SSSR count). The molecule has 0 aliphatic rings. The fraction of sp³-hybridized carbons (Fsp3) is 0.0667. The molecular formula is C15H11ClFN3O4. The first-order chi connectivity index (χ1) is 11.5. The summed E-state index contributed by atoms with van der Waals surface area (Å²) >= 11 is 5.68. The van der Waals surface area contributed by atoms with E-state index < -0.39 is 17.4 Å². The van der Waals surface area contributed by atoms with E-state index in [0.717, 1.165) is 6.07 Å². The van der Waals surface area contributed by atoms with Crippen LogP contribution in [0.15, 0.2) is 47.6 Å². The molecule has 9 heteroatoms. The van der Waals surface area contributed by atoms with Gasteiger partial charge in [-0.15, -0.1) is 0 Å². The van der Waals surface area contributed by atoms with E-state index in [-0.39, 0.29) is 22.2 Å². The molecule has 1 N–H and O–H groups in total. The molecule has 0 spiro atoms. The van der Waals surface area contributed by atoms with Gasteiger partial charge in [0.05, 0.1) is 11.1 Å². The van der Waals surface area contributed by atoms with Gasteiger partial charge in [-0.05, 0) is 29.8 Å². The maximum Gasteiger partial charge on any atom is 0.289 e. The second-order valence-corrected chi connectivity index (χ2v) is 4.94. The van der Waals surface area contributed by atoms with Gasteiger partial charge in [-0.1, -0.05) is 28.9 Å². The van der Waals surface area contributed by atoms with Crippen molar-refractivity contribution in [2.75, 3.05) is 11.9 Å². The lowest BCUT2D eigenvalue weighted by atomic mass is 10.2. The van der Waals surface area contributed by atoms with Gasteiger partial charge in [0, 0.05) is 11.8 Å². The van der Waals surface area contributed by atoms with E-state index in [9.17, 15) is 19.3 Å². The Kier molecular flexibility index (Phi) is 5.80. The van der Waals surface area contributed by atoms with Gasteiger partial charge in [-0.2, -0.15) is 0 Å². The Bertz CT molecular complexity index is 781. The van der Waals surface area contributed by atoms with E-state index in [1.165, 1.54) is 42.6 Å². The molecule has 7 nitrogen and oxygen atoms in total. The summed E-state index contributed by atoms with van der Waals surface area (Å²) in [6.07, 6.45) is 1.32.